The topological polar surface area (TPSA) is 44.0 Å². The van der Waals surface area contributed by atoms with E-state index in [4.69, 9.17) is 4.74 Å². The van der Waals surface area contributed by atoms with Gasteiger partial charge in [-0.15, -0.1) is 0 Å². The van der Waals surface area contributed by atoms with Gasteiger partial charge in [-0.25, -0.2) is 0 Å². The quantitative estimate of drug-likeness (QED) is 0.361. The summed E-state index contributed by atoms with van der Waals surface area (Å²) in [6.45, 7) is 3.04. The summed E-state index contributed by atoms with van der Waals surface area (Å²) in [5.41, 5.74) is 0. The summed E-state index contributed by atoms with van der Waals surface area (Å²) in [7, 11) is 0. The number of ether oxygens (including phenoxy) is 1. The molecule has 2 heteroatoms. The van der Waals surface area contributed by atoms with Gasteiger partial charge in [-0.1, -0.05) is 0 Å². The van der Waals surface area contributed by atoms with Gasteiger partial charge in [0, 0.05) is 0 Å². The van der Waals surface area contributed by atoms with Gasteiger partial charge in [0.15, 0.2) is 0 Å². The Morgan fingerprint density at radius 3 is 2.00 bits per heavy atom. The minimum Gasteiger partial charge on any atom is -0.412 e. The fraction of sp³-hybridized carbons (Fsp3) is 1.00. The lowest BCUT2D eigenvalue weighted by molar-refractivity contribution is 0.423. The predicted octanol–water partition coefficient (Wildman–Crippen LogP) is -0.420. The van der Waals surface area contributed by atoms with E-state index in [1.807, 2.05) is 0 Å². The molecule has 0 aromatic carbocycles. The van der Waals surface area contributed by atoms with Crippen molar-refractivity contribution in [3.05, 3.63) is 0 Å². The van der Waals surface area contributed by atoms with Crippen LogP contribution in [0.25, 0.3) is 0 Å². The molecule has 1 fully saturated rings. The van der Waals surface area contributed by atoms with Crippen molar-refractivity contribution < 1.29 is 10.2 Å². The highest BCUT2D eigenvalue weighted by Gasteiger charge is 2.13. The molecule has 1 unspecified atom stereocenters. The molecular formula is C3H8O2. The monoisotopic (exact) mass is 76.1 g/mol. The van der Waals surface area contributed by atoms with E-state index in [0.717, 1.165) is 6.61 Å². The Kier molecular flexibility index (Phi) is 1.36. The molecule has 0 spiro atoms. The molecule has 1 aliphatic heterocycles. The summed E-state index contributed by atoms with van der Waals surface area (Å²) in [5, 5.41) is 0. The first-order valence-electron chi connectivity index (χ1n) is 1.51. The van der Waals surface area contributed by atoms with E-state index in [9.17, 15) is 0 Å². The number of rotatable bonds is 0. The first-order valence-corrected chi connectivity index (χ1v) is 1.51. The fourth-order valence-corrected chi connectivity index (χ4v) is 0.0962. The van der Waals surface area contributed by atoms with Crippen LogP contribution in [0.5, 0.6) is 0 Å². The second kappa shape index (κ2) is 1.38. The zero-order valence-corrected chi connectivity index (χ0v) is 3.19. The van der Waals surface area contributed by atoms with E-state index >= 15 is 0 Å². The van der Waals surface area contributed by atoms with Crippen molar-refractivity contribution in [1.29, 1.82) is 0 Å². The van der Waals surface area contributed by atoms with Gasteiger partial charge in [-0.3, -0.25) is 0 Å². The Morgan fingerprint density at radius 1 is 1.80 bits per heavy atom. The van der Waals surface area contributed by atoms with Gasteiger partial charge in [0.1, 0.15) is 0 Å². The Hall–Kier alpha value is -0.0800. The minimum absolute atomic E-state index is 0. The van der Waals surface area contributed by atoms with E-state index in [0.29, 0.717) is 6.10 Å². The van der Waals surface area contributed by atoms with Gasteiger partial charge in [0.2, 0.25) is 0 Å². The van der Waals surface area contributed by atoms with E-state index in [-0.39, 0.29) is 5.48 Å². The zero-order valence-electron chi connectivity index (χ0n) is 3.19. The lowest BCUT2D eigenvalue weighted by Gasteiger charge is -1.50. The first-order chi connectivity index (χ1) is 1.89. The average Bonchev–Trinajstić information content (AvgIpc) is 1.75. The molecule has 2 N–H and O–H groups in total. The van der Waals surface area contributed by atoms with Crippen LogP contribution >= 0.6 is 0 Å². The molecule has 0 bridgehead atoms. The second-order valence-electron chi connectivity index (χ2n) is 1.14. The standard InChI is InChI=1S/C3H6O.H2O/c1-3-2-4-3;/h3H,2H2,1H3;1H2. The lowest BCUT2D eigenvalue weighted by Crippen LogP contribution is -1.60. The van der Waals surface area contributed by atoms with Crippen LogP contribution in [0.2, 0.25) is 0 Å². The number of hydrogen-bond acceptors (Lipinski definition) is 1. The third-order valence-corrected chi connectivity index (χ3v) is 0.500. The van der Waals surface area contributed by atoms with Gasteiger partial charge in [-0.05, 0) is 6.92 Å². The summed E-state index contributed by atoms with van der Waals surface area (Å²) in [6.07, 6.45) is 0.583. The molecule has 1 atom stereocenters. The van der Waals surface area contributed by atoms with Crippen molar-refractivity contribution in [3.8, 4) is 0 Å². The van der Waals surface area contributed by atoms with Gasteiger partial charge in [-0.2, -0.15) is 0 Å². The largest absolute Gasteiger partial charge is 0.412 e. The van der Waals surface area contributed by atoms with Crippen molar-refractivity contribution in [2.45, 2.75) is 13.0 Å². The maximum Gasteiger partial charge on any atom is 0.0781 e. The molecule has 0 aliphatic carbocycles. The summed E-state index contributed by atoms with van der Waals surface area (Å²) >= 11 is 0. The Labute approximate surface area is 31.1 Å². The van der Waals surface area contributed by atoms with Crippen molar-refractivity contribution in [2.24, 2.45) is 0 Å². The van der Waals surface area contributed by atoms with Crippen LogP contribution in [0.4, 0.5) is 0 Å². The van der Waals surface area contributed by atoms with Crippen molar-refractivity contribution in [1.82, 2.24) is 0 Å². The highest BCUT2D eigenvalue weighted by atomic mass is 16.6. The van der Waals surface area contributed by atoms with Crippen LogP contribution in [-0.4, -0.2) is 18.2 Å². The molecule has 0 aromatic heterocycles. The third-order valence-electron chi connectivity index (χ3n) is 0.500. The van der Waals surface area contributed by atoms with Crippen molar-refractivity contribution >= 4 is 0 Å². The molecule has 1 rings (SSSR count). The Morgan fingerprint density at radius 2 is 2.00 bits per heavy atom. The van der Waals surface area contributed by atoms with Gasteiger partial charge in [0.05, 0.1) is 12.7 Å². The predicted molar refractivity (Wildman–Crippen MR) is 19.0 cm³/mol. The first kappa shape index (κ1) is 4.92. The molecule has 0 saturated carbocycles. The van der Waals surface area contributed by atoms with E-state index < -0.39 is 0 Å². The van der Waals surface area contributed by atoms with Gasteiger partial charge < -0.3 is 10.2 Å². The fourth-order valence-electron chi connectivity index (χ4n) is 0.0962. The van der Waals surface area contributed by atoms with Crippen LogP contribution in [0, 0.1) is 0 Å². The van der Waals surface area contributed by atoms with Crippen LogP contribution in [0.3, 0.4) is 0 Å². The number of epoxide rings is 1. The van der Waals surface area contributed by atoms with Crippen LogP contribution < -0.4 is 0 Å². The highest BCUT2D eigenvalue weighted by Crippen LogP contribution is 2.04. The molecule has 1 saturated heterocycles. The summed E-state index contributed by atoms with van der Waals surface area (Å²) in [5.74, 6) is 0. The highest BCUT2D eigenvalue weighted by molar-refractivity contribution is 4.58. The molecule has 2 nitrogen and oxygen atoms in total. The van der Waals surface area contributed by atoms with Crippen LogP contribution in [0.15, 0.2) is 0 Å². The maximum atomic E-state index is 4.71. The van der Waals surface area contributed by atoms with Crippen LogP contribution in [-0.2, 0) is 4.74 Å². The summed E-state index contributed by atoms with van der Waals surface area (Å²) < 4.78 is 4.71. The van der Waals surface area contributed by atoms with E-state index in [1.165, 1.54) is 0 Å². The molecule has 0 aromatic rings. The Bertz CT molecular complexity index is 24.1. The molecule has 1 aliphatic rings. The smallest absolute Gasteiger partial charge is 0.0781 e. The lowest BCUT2D eigenvalue weighted by atomic mass is 10.6. The molecule has 5 heavy (non-hydrogen) atoms. The van der Waals surface area contributed by atoms with Gasteiger partial charge >= 0.3 is 0 Å². The molecule has 32 valence electrons. The molecular weight excluding hydrogens is 68.0 g/mol. The van der Waals surface area contributed by atoms with Gasteiger partial charge in [0.25, 0.3) is 0 Å². The molecule has 0 radical (unpaired) electrons. The van der Waals surface area contributed by atoms with E-state index in [1.54, 1.807) is 0 Å². The van der Waals surface area contributed by atoms with Crippen molar-refractivity contribution in [3.63, 3.8) is 0 Å². The second-order valence-corrected chi connectivity index (χ2v) is 1.14. The number of hydrogen-bond donors (Lipinski definition) is 0. The molecule has 1 heterocycles. The molecule has 0 amide bonds. The normalized spacial score (nSPS) is 31.8. The SMILES string of the molecule is CC1CO1.O. The summed E-state index contributed by atoms with van der Waals surface area (Å²) in [6, 6.07) is 0. The van der Waals surface area contributed by atoms with Crippen LogP contribution in [0.1, 0.15) is 6.92 Å². The minimum atomic E-state index is 0. The maximum absolute atomic E-state index is 4.71. The third kappa shape index (κ3) is 1.69. The van der Waals surface area contributed by atoms with Crippen molar-refractivity contribution in [2.75, 3.05) is 6.61 Å². The average molecular weight is 76.1 g/mol. The Balaban J connectivity index is 0.000000160. The summed E-state index contributed by atoms with van der Waals surface area (Å²) in [4.78, 5) is 0. The zero-order chi connectivity index (χ0) is 2.99. The van der Waals surface area contributed by atoms with E-state index in [2.05, 4.69) is 6.92 Å².